The molecule has 0 fully saturated rings. The first-order chi connectivity index (χ1) is 11.7. The molecule has 0 aromatic heterocycles. The lowest BCUT2D eigenvalue weighted by atomic mass is 10.2. The van der Waals surface area contributed by atoms with Crippen LogP contribution in [0.1, 0.15) is 12.0 Å². The average molecular weight is 329 g/mol. The molecular formula is C19H23NO4. The van der Waals surface area contributed by atoms with Crippen LogP contribution in [0.4, 0.5) is 0 Å². The molecule has 0 spiro atoms. The third-order valence-corrected chi connectivity index (χ3v) is 3.33. The maximum Gasteiger partial charge on any atom is 0.257 e. The largest absolute Gasteiger partial charge is 0.494 e. The molecule has 0 aliphatic heterocycles. The normalized spacial score (nSPS) is 10.1. The molecule has 0 bridgehead atoms. The summed E-state index contributed by atoms with van der Waals surface area (Å²) in [4.78, 5) is 11.8. The van der Waals surface area contributed by atoms with Crippen molar-refractivity contribution in [3.8, 4) is 17.2 Å². The Morgan fingerprint density at radius 2 is 1.83 bits per heavy atom. The molecule has 2 rings (SSSR count). The molecule has 0 saturated carbocycles. The molecule has 5 heteroatoms. The predicted octanol–water partition coefficient (Wildman–Crippen LogP) is 2.97. The van der Waals surface area contributed by atoms with Gasteiger partial charge in [-0.3, -0.25) is 4.79 Å². The number of aryl methyl sites for hydroxylation is 1. The maximum atomic E-state index is 11.8. The Morgan fingerprint density at radius 1 is 1.04 bits per heavy atom. The van der Waals surface area contributed by atoms with Crippen LogP contribution in [-0.4, -0.2) is 32.8 Å². The quantitative estimate of drug-likeness (QED) is 0.719. The monoisotopic (exact) mass is 329 g/mol. The van der Waals surface area contributed by atoms with Gasteiger partial charge in [0, 0.05) is 6.54 Å². The number of benzene rings is 2. The lowest BCUT2D eigenvalue weighted by Gasteiger charge is -2.11. The van der Waals surface area contributed by atoms with Gasteiger partial charge < -0.3 is 19.5 Å². The van der Waals surface area contributed by atoms with E-state index in [-0.39, 0.29) is 12.5 Å². The Hall–Kier alpha value is -2.69. The zero-order chi connectivity index (χ0) is 17.2. The van der Waals surface area contributed by atoms with Crippen molar-refractivity contribution in [1.29, 1.82) is 0 Å². The second-order valence-corrected chi connectivity index (χ2v) is 5.31. The Balaban J connectivity index is 1.63. The van der Waals surface area contributed by atoms with E-state index >= 15 is 0 Å². The van der Waals surface area contributed by atoms with Crippen molar-refractivity contribution in [3.05, 3.63) is 54.1 Å². The van der Waals surface area contributed by atoms with E-state index in [4.69, 9.17) is 14.2 Å². The lowest BCUT2D eigenvalue weighted by molar-refractivity contribution is -0.123. The SMILES string of the molecule is COc1cc(C)ccc1OCC(=O)NCCCOc1ccccc1. The number of nitrogens with one attached hydrogen (secondary N) is 1. The summed E-state index contributed by atoms with van der Waals surface area (Å²) in [5, 5.41) is 2.80. The molecule has 1 amide bonds. The number of methoxy groups -OCH3 is 1. The van der Waals surface area contributed by atoms with Crippen LogP contribution in [0.5, 0.6) is 17.2 Å². The van der Waals surface area contributed by atoms with Gasteiger partial charge in [0.05, 0.1) is 13.7 Å². The number of carbonyl (C=O) groups excluding carboxylic acids is 1. The van der Waals surface area contributed by atoms with Crippen LogP contribution in [0.3, 0.4) is 0 Å². The fourth-order valence-corrected chi connectivity index (χ4v) is 2.10. The van der Waals surface area contributed by atoms with Crippen molar-refractivity contribution in [3.63, 3.8) is 0 Å². The number of hydrogen-bond acceptors (Lipinski definition) is 4. The van der Waals surface area contributed by atoms with Crippen molar-refractivity contribution in [1.82, 2.24) is 5.32 Å². The Kier molecular flexibility index (Phi) is 6.95. The summed E-state index contributed by atoms with van der Waals surface area (Å²) in [6, 6.07) is 15.2. The van der Waals surface area contributed by atoms with Gasteiger partial charge in [0.2, 0.25) is 0 Å². The van der Waals surface area contributed by atoms with E-state index in [1.54, 1.807) is 13.2 Å². The highest BCUT2D eigenvalue weighted by Crippen LogP contribution is 2.27. The summed E-state index contributed by atoms with van der Waals surface area (Å²) in [6.07, 6.45) is 0.731. The van der Waals surface area contributed by atoms with E-state index in [1.807, 2.05) is 49.4 Å². The molecular weight excluding hydrogens is 306 g/mol. The fraction of sp³-hybridized carbons (Fsp3) is 0.316. The van der Waals surface area contributed by atoms with Crippen LogP contribution < -0.4 is 19.5 Å². The Bertz CT molecular complexity index is 643. The average Bonchev–Trinajstić information content (AvgIpc) is 2.61. The topological polar surface area (TPSA) is 56.8 Å². The van der Waals surface area contributed by atoms with E-state index in [0.717, 1.165) is 17.7 Å². The molecule has 0 unspecified atom stereocenters. The number of hydrogen-bond donors (Lipinski definition) is 1. The van der Waals surface area contributed by atoms with E-state index in [2.05, 4.69) is 5.32 Å². The summed E-state index contributed by atoms with van der Waals surface area (Å²) in [5.74, 6) is 1.85. The fourth-order valence-electron chi connectivity index (χ4n) is 2.10. The second kappa shape index (κ2) is 9.45. The van der Waals surface area contributed by atoms with Gasteiger partial charge >= 0.3 is 0 Å². The first-order valence-electron chi connectivity index (χ1n) is 7.91. The molecule has 2 aromatic rings. The van der Waals surface area contributed by atoms with Crippen molar-refractivity contribution in [2.75, 3.05) is 26.9 Å². The number of amides is 1. The number of carbonyl (C=O) groups is 1. The highest BCUT2D eigenvalue weighted by Gasteiger charge is 2.07. The highest BCUT2D eigenvalue weighted by molar-refractivity contribution is 5.77. The minimum absolute atomic E-state index is 0.0427. The smallest absolute Gasteiger partial charge is 0.257 e. The van der Waals surface area contributed by atoms with Crippen LogP contribution >= 0.6 is 0 Å². The van der Waals surface area contributed by atoms with Crippen molar-refractivity contribution in [2.24, 2.45) is 0 Å². The summed E-state index contributed by atoms with van der Waals surface area (Å²) >= 11 is 0. The number of ether oxygens (including phenoxy) is 3. The Labute approximate surface area is 142 Å². The minimum Gasteiger partial charge on any atom is -0.494 e. The van der Waals surface area contributed by atoms with Gasteiger partial charge in [-0.25, -0.2) is 0 Å². The second-order valence-electron chi connectivity index (χ2n) is 5.31. The lowest BCUT2D eigenvalue weighted by Crippen LogP contribution is -2.30. The molecule has 2 aromatic carbocycles. The van der Waals surface area contributed by atoms with Gasteiger partial charge in [-0.15, -0.1) is 0 Å². The molecule has 0 saturated heterocycles. The summed E-state index contributed by atoms with van der Waals surface area (Å²) in [6.45, 7) is 3.02. The van der Waals surface area contributed by atoms with Gasteiger partial charge in [-0.05, 0) is 43.2 Å². The summed E-state index contributed by atoms with van der Waals surface area (Å²) in [7, 11) is 1.58. The van der Waals surface area contributed by atoms with E-state index in [1.165, 1.54) is 0 Å². The van der Waals surface area contributed by atoms with E-state index in [0.29, 0.717) is 24.7 Å². The minimum atomic E-state index is -0.169. The number of rotatable bonds is 9. The summed E-state index contributed by atoms with van der Waals surface area (Å²) < 4.78 is 16.3. The molecule has 0 radical (unpaired) electrons. The first-order valence-corrected chi connectivity index (χ1v) is 7.91. The number of para-hydroxylation sites is 1. The van der Waals surface area contributed by atoms with Crippen molar-refractivity contribution >= 4 is 5.91 Å². The predicted molar refractivity (Wildman–Crippen MR) is 92.8 cm³/mol. The van der Waals surface area contributed by atoms with Crippen molar-refractivity contribution in [2.45, 2.75) is 13.3 Å². The Morgan fingerprint density at radius 3 is 2.58 bits per heavy atom. The zero-order valence-corrected chi connectivity index (χ0v) is 14.1. The van der Waals surface area contributed by atoms with Gasteiger partial charge in [-0.1, -0.05) is 24.3 Å². The van der Waals surface area contributed by atoms with Gasteiger partial charge in [0.1, 0.15) is 5.75 Å². The molecule has 0 heterocycles. The first kappa shape index (κ1) is 17.7. The van der Waals surface area contributed by atoms with Crippen LogP contribution in [0.25, 0.3) is 0 Å². The standard InChI is InChI=1S/C19H23NO4/c1-15-9-10-17(18(13-15)22-2)24-14-19(21)20-11-6-12-23-16-7-4-3-5-8-16/h3-5,7-10,13H,6,11-12,14H2,1-2H3,(H,20,21). The molecule has 5 nitrogen and oxygen atoms in total. The van der Waals surface area contributed by atoms with Crippen LogP contribution in [0, 0.1) is 6.92 Å². The van der Waals surface area contributed by atoms with Gasteiger partial charge in [0.15, 0.2) is 18.1 Å². The highest BCUT2D eigenvalue weighted by atomic mass is 16.5. The van der Waals surface area contributed by atoms with E-state index in [9.17, 15) is 4.79 Å². The van der Waals surface area contributed by atoms with Gasteiger partial charge in [0.25, 0.3) is 5.91 Å². The third-order valence-electron chi connectivity index (χ3n) is 3.33. The zero-order valence-electron chi connectivity index (χ0n) is 14.1. The molecule has 128 valence electrons. The molecule has 0 atom stereocenters. The molecule has 0 aliphatic carbocycles. The van der Waals surface area contributed by atoms with Crippen LogP contribution in [-0.2, 0) is 4.79 Å². The van der Waals surface area contributed by atoms with Crippen molar-refractivity contribution < 1.29 is 19.0 Å². The van der Waals surface area contributed by atoms with Gasteiger partial charge in [-0.2, -0.15) is 0 Å². The van der Waals surface area contributed by atoms with Crippen LogP contribution in [0.15, 0.2) is 48.5 Å². The maximum absolute atomic E-state index is 11.8. The molecule has 0 aliphatic rings. The molecule has 24 heavy (non-hydrogen) atoms. The third kappa shape index (κ3) is 5.83. The molecule has 1 N–H and O–H groups in total. The van der Waals surface area contributed by atoms with E-state index < -0.39 is 0 Å². The summed E-state index contributed by atoms with van der Waals surface area (Å²) in [5.41, 5.74) is 1.07. The van der Waals surface area contributed by atoms with Crippen LogP contribution in [0.2, 0.25) is 0 Å².